The SMILES string of the molecule is COc1ccc(N2CC(C(=O)NCc3cccc(Cl)c3)CC2=O)c(OC)c1. The molecule has 1 unspecified atom stereocenters. The Morgan fingerprint density at radius 3 is 2.74 bits per heavy atom. The van der Waals surface area contributed by atoms with Gasteiger partial charge in [0.1, 0.15) is 11.5 Å². The number of hydrogen-bond donors (Lipinski definition) is 1. The number of nitrogens with zero attached hydrogens (tertiary/aromatic N) is 1. The Labute approximate surface area is 163 Å². The highest BCUT2D eigenvalue weighted by molar-refractivity contribution is 6.30. The van der Waals surface area contributed by atoms with E-state index in [2.05, 4.69) is 5.32 Å². The third-order valence-electron chi connectivity index (χ3n) is 4.53. The average Bonchev–Trinajstić information content (AvgIpc) is 3.07. The maximum Gasteiger partial charge on any atom is 0.227 e. The quantitative estimate of drug-likeness (QED) is 0.826. The van der Waals surface area contributed by atoms with Gasteiger partial charge in [-0.3, -0.25) is 9.59 Å². The Balaban J connectivity index is 1.67. The summed E-state index contributed by atoms with van der Waals surface area (Å²) >= 11 is 5.96. The number of halogens is 1. The zero-order valence-electron chi connectivity index (χ0n) is 15.2. The van der Waals surface area contributed by atoms with Crippen LogP contribution in [-0.4, -0.2) is 32.6 Å². The van der Waals surface area contributed by atoms with E-state index in [1.165, 1.54) is 7.11 Å². The number of hydrogen-bond acceptors (Lipinski definition) is 4. The molecule has 1 aliphatic rings. The van der Waals surface area contributed by atoms with Crippen molar-refractivity contribution in [2.24, 2.45) is 5.92 Å². The molecule has 6 nitrogen and oxygen atoms in total. The number of benzene rings is 2. The third-order valence-corrected chi connectivity index (χ3v) is 4.76. The molecule has 1 fully saturated rings. The van der Waals surface area contributed by atoms with E-state index in [9.17, 15) is 9.59 Å². The standard InChI is InChI=1S/C20H21ClN2O4/c1-26-16-6-7-17(18(10-16)27-2)23-12-14(9-19(23)24)20(25)22-11-13-4-3-5-15(21)8-13/h3-8,10,14H,9,11-12H2,1-2H3,(H,22,25). The molecule has 1 atom stereocenters. The number of nitrogens with one attached hydrogen (secondary N) is 1. The van der Waals surface area contributed by atoms with E-state index in [1.54, 1.807) is 42.3 Å². The highest BCUT2D eigenvalue weighted by Crippen LogP contribution is 2.35. The first kappa shape index (κ1) is 19.0. The van der Waals surface area contributed by atoms with Gasteiger partial charge in [-0.05, 0) is 29.8 Å². The van der Waals surface area contributed by atoms with Crippen molar-refractivity contribution in [1.29, 1.82) is 0 Å². The number of rotatable bonds is 6. The zero-order chi connectivity index (χ0) is 19.4. The molecule has 1 N–H and O–H groups in total. The first-order chi connectivity index (χ1) is 13.0. The summed E-state index contributed by atoms with van der Waals surface area (Å²) < 4.78 is 10.6. The molecule has 1 saturated heterocycles. The highest BCUT2D eigenvalue weighted by atomic mass is 35.5. The van der Waals surface area contributed by atoms with Crippen LogP contribution in [-0.2, 0) is 16.1 Å². The minimum Gasteiger partial charge on any atom is -0.497 e. The molecule has 1 heterocycles. The van der Waals surface area contributed by atoms with Gasteiger partial charge in [-0.2, -0.15) is 0 Å². The van der Waals surface area contributed by atoms with Crippen molar-refractivity contribution in [3.8, 4) is 11.5 Å². The summed E-state index contributed by atoms with van der Waals surface area (Å²) in [4.78, 5) is 26.6. The smallest absolute Gasteiger partial charge is 0.227 e. The van der Waals surface area contributed by atoms with E-state index in [0.29, 0.717) is 35.3 Å². The summed E-state index contributed by atoms with van der Waals surface area (Å²) in [6, 6.07) is 12.6. The van der Waals surface area contributed by atoms with E-state index < -0.39 is 5.92 Å². The second kappa shape index (κ2) is 8.31. The van der Waals surface area contributed by atoms with Crippen LogP contribution in [0.2, 0.25) is 5.02 Å². The lowest BCUT2D eigenvalue weighted by atomic mass is 10.1. The second-order valence-corrected chi connectivity index (χ2v) is 6.73. The molecule has 142 valence electrons. The Bertz CT molecular complexity index is 856. The van der Waals surface area contributed by atoms with E-state index in [4.69, 9.17) is 21.1 Å². The van der Waals surface area contributed by atoms with Crippen LogP contribution in [0.15, 0.2) is 42.5 Å². The molecule has 27 heavy (non-hydrogen) atoms. The predicted octanol–water partition coefficient (Wildman–Crippen LogP) is 3.03. The lowest BCUT2D eigenvalue weighted by Crippen LogP contribution is -2.32. The van der Waals surface area contributed by atoms with Crippen LogP contribution < -0.4 is 19.7 Å². The number of carbonyl (C=O) groups excluding carboxylic acids is 2. The van der Waals surface area contributed by atoms with Gasteiger partial charge in [0.2, 0.25) is 11.8 Å². The van der Waals surface area contributed by atoms with Crippen molar-refractivity contribution in [2.75, 3.05) is 25.7 Å². The van der Waals surface area contributed by atoms with Gasteiger partial charge in [-0.15, -0.1) is 0 Å². The number of amides is 2. The van der Waals surface area contributed by atoms with Gasteiger partial charge >= 0.3 is 0 Å². The fourth-order valence-electron chi connectivity index (χ4n) is 3.10. The maximum atomic E-state index is 12.5. The van der Waals surface area contributed by atoms with Crippen LogP contribution in [0.4, 0.5) is 5.69 Å². The zero-order valence-corrected chi connectivity index (χ0v) is 16.0. The van der Waals surface area contributed by atoms with Gasteiger partial charge in [0.25, 0.3) is 0 Å². The molecule has 0 bridgehead atoms. The first-order valence-electron chi connectivity index (χ1n) is 8.56. The summed E-state index contributed by atoms with van der Waals surface area (Å²) in [6.45, 7) is 0.679. The van der Waals surface area contributed by atoms with E-state index in [1.807, 2.05) is 12.1 Å². The normalized spacial score (nSPS) is 16.3. The third kappa shape index (κ3) is 4.34. The molecule has 1 aliphatic heterocycles. The van der Waals surface area contributed by atoms with Crippen LogP contribution in [0.1, 0.15) is 12.0 Å². The van der Waals surface area contributed by atoms with Gasteiger partial charge in [0.15, 0.2) is 0 Å². The predicted molar refractivity (Wildman–Crippen MR) is 103 cm³/mol. The Morgan fingerprint density at radius 2 is 2.04 bits per heavy atom. The lowest BCUT2D eigenvalue weighted by molar-refractivity contribution is -0.126. The minimum atomic E-state index is -0.413. The number of carbonyl (C=O) groups is 2. The molecule has 2 aromatic carbocycles. The molecule has 0 aromatic heterocycles. The highest BCUT2D eigenvalue weighted by Gasteiger charge is 2.36. The number of methoxy groups -OCH3 is 2. The molecule has 0 radical (unpaired) electrons. The van der Waals surface area contributed by atoms with E-state index in [0.717, 1.165) is 5.56 Å². The van der Waals surface area contributed by atoms with Gasteiger partial charge in [0.05, 0.1) is 25.8 Å². The van der Waals surface area contributed by atoms with Crippen LogP contribution in [0.5, 0.6) is 11.5 Å². The Hall–Kier alpha value is -2.73. The molecule has 0 saturated carbocycles. The van der Waals surface area contributed by atoms with Crippen molar-refractivity contribution in [2.45, 2.75) is 13.0 Å². The monoisotopic (exact) mass is 388 g/mol. The largest absolute Gasteiger partial charge is 0.497 e. The van der Waals surface area contributed by atoms with Crippen LogP contribution in [0.3, 0.4) is 0 Å². The fraction of sp³-hybridized carbons (Fsp3) is 0.300. The van der Waals surface area contributed by atoms with Crippen LogP contribution in [0.25, 0.3) is 0 Å². The van der Waals surface area contributed by atoms with Crippen molar-refractivity contribution in [3.63, 3.8) is 0 Å². The molecule has 2 aromatic rings. The van der Waals surface area contributed by atoms with Crippen molar-refractivity contribution in [1.82, 2.24) is 5.32 Å². The van der Waals surface area contributed by atoms with Crippen molar-refractivity contribution < 1.29 is 19.1 Å². The first-order valence-corrected chi connectivity index (χ1v) is 8.94. The van der Waals surface area contributed by atoms with Gasteiger partial charge in [-0.1, -0.05) is 23.7 Å². The molecular formula is C20H21ClN2O4. The van der Waals surface area contributed by atoms with E-state index >= 15 is 0 Å². The molecular weight excluding hydrogens is 368 g/mol. The summed E-state index contributed by atoms with van der Waals surface area (Å²) in [7, 11) is 3.10. The Kier molecular flexibility index (Phi) is 5.86. The molecule has 3 rings (SSSR count). The van der Waals surface area contributed by atoms with Gasteiger partial charge in [0, 0.05) is 30.6 Å². The van der Waals surface area contributed by atoms with Crippen LogP contribution >= 0.6 is 11.6 Å². The number of ether oxygens (including phenoxy) is 2. The van der Waals surface area contributed by atoms with Gasteiger partial charge < -0.3 is 19.7 Å². The summed E-state index contributed by atoms with van der Waals surface area (Å²) in [5, 5.41) is 3.50. The van der Waals surface area contributed by atoms with Crippen LogP contribution in [0, 0.1) is 5.92 Å². The minimum absolute atomic E-state index is 0.110. The maximum absolute atomic E-state index is 12.5. The molecule has 7 heteroatoms. The lowest BCUT2D eigenvalue weighted by Gasteiger charge is -2.20. The molecule has 0 spiro atoms. The fourth-order valence-corrected chi connectivity index (χ4v) is 3.32. The summed E-state index contributed by atoms with van der Waals surface area (Å²) in [5.41, 5.74) is 1.54. The van der Waals surface area contributed by atoms with Crippen molar-refractivity contribution >= 4 is 29.1 Å². The number of anilines is 1. The molecule has 0 aliphatic carbocycles. The topological polar surface area (TPSA) is 67.9 Å². The van der Waals surface area contributed by atoms with Gasteiger partial charge in [-0.25, -0.2) is 0 Å². The average molecular weight is 389 g/mol. The molecule has 2 amide bonds. The van der Waals surface area contributed by atoms with Crippen molar-refractivity contribution in [3.05, 3.63) is 53.1 Å². The Morgan fingerprint density at radius 1 is 1.22 bits per heavy atom. The van der Waals surface area contributed by atoms with E-state index in [-0.39, 0.29) is 18.2 Å². The summed E-state index contributed by atoms with van der Waals surface area (Å²) in [5.74, 6) is 0.490. The second-order valence-electron chi connectivity index (χ2n) is 6.29. The summed E-state index contributed by atoms with van der Waals surface area (Å²) in [6.07, 6.45) is 0.163.